The van der Waals surface area contributed by atoms with Gasteiger partial charge in [0.2, 0.25) is 0 Å². The molecule has 0 saturated carbocycles. The lowest BCUT2D eigenvalue weighted by molar-refractivity contribution is -0.559. The molecule has 0 aromatic rings. The number of ether oxygens (including phenoxy) is 1. The summed E-state index contributed by atoms with van der Waals surface area (Å²) in [5.41, 5.74) is 0.208. The molecule has 0 aromatic heterocycles. The van der Waals surface area contributed by atoms with E-state index in [2.05, 4.69) is 18.4 Å². The van der Waals surface area contributed by atoms with E-state index in [-0.39, 0.29) is 5.54 Å². The summed E-state index contributed by atoms with van der Waals surface area (Å²) in [5.74, 6) is 0. The summed E-state index contributed by atoms with van der Waals surface area (Å²) in [6, 6.07) is 0. The van der Waals surface area contributed by atoms with Gasteiger partial charge in [0, 0.05) is 13.8 Å². The summed E-state index contributed by atoms with van der Waals surface area (Å²) in [5, 5.41) is 0. The van der Waals surface area contributed by atoms with Crippen molar-refractivity contribution in [3.8, 4) is 0 Å². The van der Waals surface area contributed by atoms with Crippen LogP contribution < -0.4 is 0 Å². The molecule has 2 nitrogen and oxygen atoms in total. The second-order valence-corrected chi connectivity index (χ2v) is 2.84. The first-order chi connectivity index (χ1) is 3.63. The molecular formula is C6H12NO+. The Balaban J connectivity index is 2.73. The third-order valence-corrected chi connectivity index (χ3v) is 1.62. The summed E-state index contributed by atoms with van der Waals surface area (Å²) in [7, 11) is 2.02. The molecule has 0 aromatic carbocycles. The third kappa shape index (κ3) is 0.703. The Morgan fingerprint density at radius 2 is 2.25 bits per heavy atom. The van der Waals surface area contributed by atoms with Crippen LogP contribution >= 0.6 is 0 Å². The zero-order valence-electron chi connectivity index (χ0n) is 5.64. The van der Waals surface area contributed by atoms with Crippen molar-refractivity contribution >= 4 is 6.40 Å². The summed E-state index contributed by atoms with van der Waals surface area (Å²) in [6.07, 6.45) is 1.76. The number of hydrogen-bond donors (Lipinski definition) is 0. The molecule has 0 radical (unpaired) electrons. The molecule has 1 aliphatic heterocycles. The molecule has 0 spiro atoms. The molecule has 0 unspecified atom stereocenters. The van der Waals surface area contributed by atoms with E-state index in [0.717, 1.165) is 6.61 Å². The van der Waals surface area contributed by atoms with E-state index in [9.17, 15) is 0 Å². The van der Waals surface area contributed by atoms with Crippen molar-refractivity contribution in [2.45, 2.75) is 19.4 Å². The van der Waals surface area contributed by atoms with Crippen molar-refractivity contribution in [1.82, 2.24) is 0 Å². The quantitative estimate of drug-likeness (QED) is 0.417. The third-order valence-electron chi connectivity index (χ3n) is 1.62. The normalized spacial score (nSPS) is 24.6. The molecule has 0 N–H and O–H groups in total. The van der Waals surface area contributed by atoms with Gasteiger partial charge in [-0.1, -0.05) is 0 Å². The highest BCUT2D eigenvalue weighted by atomic mass is 16.5. The monoisotopic (exact) mass is 114 g/mol. The standard InChI is InChI=1S/C6H12NO/c1-6(2)4-8-5-7(6)3/h5H,4H2,1-3H3/q+1. The van der Waals surface area contributed by atoms with Crippen LogP contribution in [0.3, 0.4) is 0 Å². The Morgan fingerprint density at radius 1 is 1.62 bits per heavy atom. The van der Waals surface area contributed by atoms with Gasteiger partial charge in [0.15, 0.2) is 12.1 Å². The second-order valence-electron chi connectivity index (χ2n) is 2.84. The first-order valence-corrected chi connectivity index (χ1v) is 2.81. The van der Waals surface area contributed by atoms with Gasteiger partial charge in [0.05, 0.1) is 0 Å². The van der Waals surface area contributed by atoms with E-state index in [1.807, 2.05) is 7.05 Å². The van der Waals surface area contributed by atoms with Crippen LogP contribution in [0, 0.1) is 0 Å². The summed E-state index contributed by atoms with van der Waals surface area (Å²) < 4.78 is 7.15. The fourth-order valence-electron chi connectivity index (χ4n) is 0.598. The van der Waals surface area contributed by atoms with Gasteiger partial charge in [-0.05, 0) is 0 Å². The number of likely N-dealkylation sites (N-methyl/N-ethyl adjacent to an activating group) is 1. The van der Waals surface area contributed by atoms with Crippen LogP contribution in [0.15, 0.2) is 0 Å². The molecule has 1 rings (SSSR count). The summed E-state index contributed by atoms with van der Waals surface area (Å²) in [4.78, 5) is 0. The number of nitrogens with zero attached hydrogens (tertiary/aromatic N) is 1. The Bertz CT molecular complexity index is 126. The van der Waals surface area contributed by atoms with Crippen LogP contribution in [-0.2, 0) is 4.74 Å². The van der Waals surface area contributed by atoms with Crippen LogP contribution in [-0.4, -0.2) is 30.2 Å². The van der Waals surface area contributed by atoms with Crippen LogP contribution in [0.2, 0.25) is 0 Å². The van der Waals surface area contributed by atoms with Crippen molar-refractivity contribution in [2.24, 2.45) is 0 Å². The Morgan fingerprint density at radius 3 is 2.38 bits per heavy atom. The van der Waals surface area contributed by atoms with Gasteiger partial charge in [-0.25, -0.2) is 0 Å². The maximum absolute atomic E-state index is 5.07. The van der Waals surface area contributed by atoms with Gasteiger partial charge in [0.25, 0.3) is 0 Å². The van der Waals surface area contributed by atoms with Gasteiger partial charge in [-0.3, -0.25) is 0 Å². The molecule has 46 valence electrons. The van der Waals surface area contributed by atoms with Gasteiger partial charge in [-0.15, -0.1) is 0 Å². The molecule has 0 fully saturated rings. The van der Waals surface area contributed by atoms with Gasteiger partial charge >= 0.3 is 6.40 Å². The zero-order valence-corrected chi connectivity index (χ0v) is 5.64. The lowest BCUT2D eigenvalue weighted by atomic mass is 10.1. The van der Waals surface area contributed by atoms with Crippen LogP contribution in [0.25, 0.3) is 0 Å². The van der Waals surface area contributed by atoms with Crippen molar-refractivity contribution in [2.75, 3.05) is 13.7 Å². The predicted octanol–water partition coefficient (Wildman–Crippen LogP) is 0.466. The Labute approximate surface area is 49.8 Å². The SMILES string of the molecule is C[N+]1=COCC1(C)C. The highest BCUT2D eigenvalue weighted by Crippen LogP contribution is 2.10. The van der Waals surface area contributed by atoms with E-state index in [1.54, 1.807) is 6.40 Å². The minimum Gasteiger partial charge on any atom is -0.443 e. The number of hydrogen-bond acceptors (Lipinski definition) is 1. The maximum Gasteiger partial charge on any atom is 0.324 e. The van der Waals surface area contributed by atoms with E-state index in [1.165, 1.54) is 0 Å². The fraction of sp³-hybridized carbons (Fsp3) is 0.833. The average molecular weight is 114 g/mol. The highest BCUT2D eigenvalue weighted by Gasteiger charge is 2.32. The topological polar surface area (TPSA) is 12.2 Å². The van der Waals surface area contributed by atoms with Gasteiger partial charge < -0.3 is 4.74 Å². The lowest BCUT2D eigenvalue weighted by Crippen LogP contribution is -2.32. The van der Waals surface area contributed by atoms with Crippen molar-refractivity contribution in [3.05, 3.63) is 0 Å². The van der Waals surface area contributed by atoms with E-state index in [4.69, 9.17) is 4.74 Å². The second kappa shape index (κ2) is 1.47. The molecular weight excluding hydrogens is 102 g/mol. The molecule has 1 aliphatic rings. The molecule has 1 heterocycles. The van der Waals surface area contributed by atoms with E-state index >= 15 is 0 Å². The van der Waals surface area contributed by atoms with Crippen LogP contribution in [0.4, 0.5) is 0 Å². The summed E-state index contributed by atoms with van der Waals surface area (Å²) >= 11 is 0. The average Bonchev–Trinajstić information content (AvgIpc) is 1.86. The van der Waals surface area contributed by atoms with Crippen LogP contribution in [0.5, 0.6) is 0 Å². The molecule has 8 heavy (non-hydrogen) atoms. The highest BCUT2D eigenvalue weighted by molar-refractivity contribution is 5.41. The summed E-state index contributed by atoms with van der Waals surface area (Å²) in [6.45, 7) is 5.11. The predicted molar refractivity (Wildman–Crippen MR) is 32.3 cm³/mol. The Hall–Kier alpha value is -0.530. The van der Waals surface area contributed by atoms with Crippen molar-refractivity contribution in [3.63, 3.8) is 0 Å². The zero-order chi connectivity index (χ0) is 6.20. The fourth-order valence-corrected chi connectivity index (χ4v) is 0.598. The van der Waals surface area contributed by atoms with Crippen molar-refractivity contribution < 1.29 is 9.31 Å². The van der Waals surface area contributed by atoms with Gasteiger partial charge in [-0.2, -0.15) is 4.58 Å². The molecule has 2 heteroatoms. The van der Waals surface area contributed by atoms with E-state index in [0.29, 0.717) is 0 Å². The van der Waals surface area contributed by atoms with Crippen LogP contribution in [0.1, 0.15) is 13.8 Å². The smallest absolute Gasteiger partial charge is 0.324 e. The molecule has 0 aliphatic carbocycles. The molecule has 0 amide bonds. The molecule has 0 bridgehead atoms. The largest absolute Gasteiger partial charge is 0.443 e. The van der Waals surface area contributed by atoms with Crippen molar-refractivity contribution in [1.29, 1.82) is 0 Å². The first kappa shape index (κ1) is 5.60. The van der Waals surface area contributed by atoms with Gasteiger partial charge in [0.1, 0.15) is 7.05 Å². The number of rotatable bonds is 0. The first-order valence-electron chi connectivity index (χ1n) is 2.81. The maximum atomic E-state index is 5.07. The molecule has 0 saturated heterocycles. The molecule has 0 atom stereocenters. The van der Waals surface area contributed by atoms with E-state index < -0.39 is 0 Å². The Kier molecular flexibility index (Phi) is 1.03. The minimum absolute atomic E-state index is 0.208. The minimum atomic E-state index is 0.208. The lowest BCUT2D eigenvalue weighted by Gasteiger charge is -2.08.